The zero-order valence-corrected chi connectivity index (χ0v) is 14.2. The molecule has 2 amide bonds. The summed E-state index contributed by atoms with van der Waals surface area (Å²) < 4.78 is 0. The quantitative estimate of drug-likeness (QED) is 0.799. The van der Waals surface area contributed by atoms with Crippen LogP contribution in [0.4, 0.5) is 4.79 Å². The van der Waals surface area contributed by atoms with Crippen LogP contribution >= 0.6 is 11.8 Å². The second-order valence-corrected chi connectivity index (χ2v) is 6.55. The number of aliphatic carboxylic acids is 1. The largest absolute Gasteiger partial charge is 0.480 e. The van der Waals surface area contributed by atoms with Crippen molar-refractivity contribution in [2.24, 2.45) is 0 Å². The fourth-order valence-electron chi connectivity index (χ4n) is 2.35. The van der Waals surface area contributed by atoms with Crippen LogP contribution < -0.4 is 0 Å². The van der Waals surface area contributed by atoms with Crippen LogP contribution in [0.25, 0.3) is 0 Å². The van der Waals surface area contributed by atoms with Gasteiger partial charge in [0.1, 0.15) is 6.04 Å². The van der Waals surface area contributed by atoms with E-state index >= 15 is 0 Å². The van der Waals surface area contributed by atoms with Gasteiger partial charge in [-0.15, -0.1) is 0 Å². The lowest BCUT2D eigenvalue weighted by molar-refractivity contribution is -0.143. The highest BCUT2D eigenvalue weighted by atomic mass is 32.2. The molecule has 1 aliphatic rings. The Labute approximate surface area is 131 Å². The minimum atomic E-state index is -0.808. The average Bonchev–Trinajstić information content (AvgIpc) is 2.50. The molecule has 1 N–H and O–H groups in total. The van der Waals surface area contributed by atoms with Crippen molar-refractivity contribution in [2.75, 3.05) is 45.2 Å². The van der Waals surface area contributed by atoms with Crippen LogP contribution in [-0.4, -0.2) is 89.1 Å². The molecule has 0 aromatic rings. The summed E-state index contributed by atoms with van der Waals surface area (Å²) >= 11 is 1.79. The van der Waals surface area contributed by atoms with Crippen LogP contribution in [0.15, 0.2) is 0 Å². The van der Waals surface area contributed by atoms with Gasteiger partial charge in [-0.05, 0) is 32.3 Å². The first kappa shape index (κ1) is 18.1. The molecule has 0 aromatic heterocycles. The highest BCUT2D eigenvalue weighted by Gasteiger charge is 2.29. The van der Waals surface area contributed by atoms with E-state index in [1.807, 2.05) is 16.8 Å². The van der Waals surface area contributed by atoms with Gasteiger partial charge in [0.25, 0.3) is 0 Å². The molecule has 0 spiro atoms. The predicted molar refractivity (Wildman–Crippen MR) is 85.9 cm³/mol. The molecule has 1 saturated heterocycles. The predicted octanol–water partition coefficient (Wildman–Crippen LogP) is 1.27. The Hall–Kier alpha value is -0.950. The molecule has 7 heteroatoms. The number of hydrogen-bond donors (Lipinski definition) is 1. The van der Waals surface area contributed by atoms with Crippen molar-refractivity contribution in [2.45, 2.75) is 32.4 Å². The van der Waals surface area contributed by atoms with E-state index in [4.69, 9.17) is 5.11 Å². The molecule has 0 bridgehead atoms. The highest BCUT2D eigenvalue weighted by molar-refractivity contribution is 7.98. The van der Waals surface area contributed by atoms with Crippen molar-refractivity contribution < 1.29 is 14.7 Å². The molecule has 0 saturated carbocycles. The number of carboxylic acid groups (broad SMARTS) is 1. The molecule has 0 radical (unpaired) electrons. The van der Waals surface area contributed by atoms with Crippen molar-refractivity contribution in [3.8, 4) is 0 Å². The van der Waals surface area contributed by atoms with Gasteiger partial charge >= 0.3 is 12.0 Å². The van der Waals surface area contributed by atoms with Crippen LogP contribution in [0.2, 0.25) is 0 Å². The van der Waals surface area contributed by atoms with Crippen LogP contribution in [0.1, 0.15) is 20.3 Å². The molecule has 2 atom stereocenters. The number of urea groups is 1. The number of carbonyl (C=O) groups is 2. The van der Waals surface area contributed by atoms with Gasteiger partial charge < -0.3 is 14.9 Å². The third-order valence-corrected chi connectivity index (χ3v) is 4.84. The van der Waals surface area contributed by atoms with Crippen molar-refractivity contribution in [1.82, 2.24) is 14.7 Å². The molecule has 0 aliphatic carbocycles. The third-order valence-electron chi connectivity index (χ3n) is 4.19. The van der Waals surface area contributed by atoms with Gasteiger partial charge in [0.05, 0.1) is 0 Å². The lowest BCUT2D eigenvalue weighted by atomic mass is 10.2. The molecule has 0 aromatic carbocycles. The Morgan fingerprint density at radius 2 is 1.81 bits per heavy atom. The third kappa shape index (κ3) is 5.07. The van der Waals surface area contributed by atoms with Gasteiger partial charge in [-0.2, -0.15) is 11.8 Å². The second-order valence-electron chi connectivity index (χ2n) is 5.56. The van der Waals surface area contributed by atoms with E-state index < -0.39 is 12.0 Å². The summed E-state index contributed by atoms with van der Waals surface area (Å²) in [6.45, 7) is 6.18. The fraction of sp³-hybridized carbons (Fsp3) is 0.857. The Morgan fingerprint density at radius 3 is 2.29 bits per heavy atom. The maximum atomic E-state index is 12.4. The van der Waals surface area contributed by atoms with Crippen LogP contribution in [0, 0.1) is 0 Å². The van der Waals surface area contributed by atoms with E-state index in [2.05, 4.69) is 13.2 Å². The topological polar surface area (TPSA) is 64.1 Å². The number of thioether (sulfide) groups is 1. The highest BCUT2D eigenvalue weighted by Crippen LogP contribution is 2.12. The summed E-state index contributed by atoms with van der Waals surface area (Å²) in [4.78, 5) is 28.9. The van der Waals surface area contributed by atoms with Gasteiger partial charge in [0, 0.05) is 39.3 Å². The summed E-state index contributed by atoms with van der Waals surface area (Å²) in [6.07, 6.45) is 3.05. The molecule has 2 unspecified atom stereocenters. The smallest absolute Gasteiger partial charge is 0.320 e. The molecule has 1 rings (SSSR count). The van der Waals surface area contributed by atoms with E-state index in [0.29, 0.717) is 26.2 Å². The van der Waals surface area contributed by atoms with Crippen LogP contribution in [0.3, 0.4) is 0 Å². The number of nitrogens with zero attached hydrogens (tertiary/aromatic N) is 3. The average molecular weight is 317 g/mol. The zero-order chi connectivity index (χ0) is 16.0. The number of piperazine rings is 1. The summed E-state index contributed by atoms with van der Waals surface area (Å²) in [7, 11) is 1.85. The summed E-state index contributed by atoms with van der Waals surface area (Å²) in [5, 5.41) is 9.02. The van der Waals surface area contributed by atoms with E-state index in [1.165, 1.54) is 0 Å². The first-order valence-electron chi connectivity index (χ1n) is 7.36. The minimum Gasteiger partial charge on any atom is -0.480 e. The number of amides is 2. The molecule has 1 aliphatic heterocycles. The second kappa shape index (κ2) is 8.48. The normalized spacial score (nSPS) is 19.1. The Balaban J connectivity index is 2.46. The van der Waals surface area contributed by atoms with Gasteiger partial charge in [0.15, 0.2) is 0 Å². The first-order chi connectivity index (χ1) is 9.88. The number of carbonyl (C=O) groups excluding carboxylic acids is 1. The van der Waals surface area contributed by atoms with Crippen LogP contribution in [0.5, 0.6) is 0 Å². The molecule has 1 heterocycles. The van der Waals surface area contributed by atoms with Crippen molar-refractivity contribution in [3.63, 3.8) is 0 Å². The zero-order valence-electron chi connectivity index (χ0n) is 13.4. The summed E-state index contributed by atoms with van der Waals surface area (Å²) in [5.74, 6) is 0.237. The minimum absolute atomic E-state index is 0.0474. The molecular weight excluding hydrogens is 290 g/mol. The Morgan fingerprint density at radius 1 is 1.24 bits per heavy atom. The van der Waals surface area contributed by atoms with Crippen molar-refractivity contribution in [3.05, 3.63) is 0 Å². The maximum absolute atomic E-state index is 12.4. The lowest BCUT2D eigenvalue weighted by Gasteiger charge is -2.39. The monoisotopic (exact) mass is 317 g/mol. The fourth-order valence-corrected chi connectivity index (χ4v) is 2.93. The number of carboxylic acids is 1. The van der Waals surface area contributed by atoms with Gasteiger partial charge in [-0.3, -0.25) is 9.69 Å². The number of rotatable bonds is 6. The van der Waals surface area contributed by atoms with Gasteiger partial charge in [-0.1, -0.05) is 0 Å². The van der Waals surface area contributed by atoms with Gasteiger partial charge in [-0.25, -0.2) is 4.79 Å². The summed E-state index contributed by atoms with van der Waals surface area (Å²) in [6, 6.07) is -0.215. The van der Waals surface area contributed by atoms with Crippen molar-refractivity contribution >= 4 is 23.8 Å². The molecule has 1 fully saturated rings. The van der Waals surface area contributed by atoms with Gasteiger partial charge in [0.2, 0.25) is 0 Å². The SMILES string of the molecule is CSCCC(C)N(C)C(=O)N1CCN(C(C)C(=O)O)CC1. The first-order valence-corrected chi connectivity index (χ1v) is 8.75. The van der Waals surface area contributed by atoms with E-state index in [1.54, 1.807) is 23.6 Å². The lowest BCUT2D eigenvalue weighted by Crippen LogP contribution is -2.56. The van der Waals surface area contributed by atoms with E-state index in [0.717, 1.165) is 12.2 Å². The number of hydrogen-bond acceptors (Lipinski definition) is 4. The Bertz CT molecular complexity index is 359. The Kier molecular flexibility index (Phi) is 7.31. The maximum Gasteiger partial charge on any atom is 0.320 e. The molecule has 6 nitrogen and oxygen atoms in total. The van der Waals surface area contributed by atoms with Crippen LogP contribution in [-0.2, 0) is 4.79 Å². The summed E-state index contributed by atoms with van der Waals surface area (Å²) in [5.41, 5.74) is 0. The molecule has 21 heavy (non-hydrogen) atoms. The van der Waals surface area contributed by atoms with Crippen molar-refractivity contribution in [1.29, 1.82) is 0 Å². The van der Waals surface area contributed by atoms with E-state index in [9.17, 15) is 9.59 Å². The standard InChI is InChI=1S/C14H27N3O3S/c1-11(5-10-21-4)15(3)14(20)17-8-6-16(7-9-17)12(2)13(18)19/h11-12H,5-10H2,1-4H3,(H,18,19). The molecule has 122 valence electrons. The molecular formula is C14H27N3O3S. The van der Waals surface area contributed by atoms with E-state index in [-0.39, 0.29) is 12.1 Å².